The summed E-state index contributed by atoms with van der Waals surface area (Å²) in [5.41, 5.74) is 4.40. The number of hydrogen-bond acceptors (Lipinski definition) is 4. The van der Waals surface area contributed by atoms with E-state index in [4.69, 9.17) is 5.26 Å². The van der Waals surface area contributed by atoms with E-state index in [9.17, 15) is 4.79 Å². The van der Waals surface area contributed by atoms with Crippen molar-refractivity contribution in [1.29, 1.82) is 5.26 Å². The molecule has 6 heteroatoms. The first-order valence-corrected chi connectivity index (χ1v) is 9.57. The number of carbonyl (C=O) groups is 1. The van der Waals surface area contributed by atoms with Crippen molar-refractivity contribution in [2.45, 2.75) is 39.7 Å². The van der Waals surface area contributed by atoms with Crippen LogP contribution in [0.25, 0.3) is 0 Å². The number of nitriles is 1. The van der Waals surface area contributed by atoms with Crippen LogP contribution >= 0.6 is 0 Å². The van der Waals surface area contributed by atoms with Crippen molar-refractivity contribution >= 4 is 11.6 Å². The summed E-state index contributed by atoms with van der Waals surface area (Å²) in [6.07, 6.45) is 1.67. The molecule has 2 heterocycles. The molecule has 1 fully saturated rings. The molecule has 0 atom stereocenters. The molecule has 27 heavy (non-hydrogen) atoms. The lowest BCUT2D eigenvalue weighted by Gasteiger charge is -2.36. The molecule has 1 aromatic carbocycles. The predicted octanol–water partition coefficient (Wildman–Crippen LogP) is 2.70. The van der Waals surface area contributed by atoms with Crippen molar-refractivity contribution in [3.63, 3.8) is 0 Å². The van der Waals surface area contributed by atoms with Crippen LogP contribution < -0.4 is 4.90 Å². The highest BCUT2D eigenvalue weighted by atomic mass is 16.2. The number of nitrogens with zero attached hydrogens (tertiary/aromatic N) is 5. The number of aryl methyl sites for hydroxylation is 2. The number of rotatable bonds is 6. The molecule has 0 saturated carbocycles. The van der Waals surface area contributed by atoms with E-state index in [2.05, 4.69) is 28.2 Å². The van der Waals surface area contributed by atoms with Crippen LogP contribution in [0.15, 0.2) is 30.3 Å². The second-order valence-electron chi connectivity index (χ2n) is 6.98. The van der Waals surface area contributed by atoms with E-state index in [0.29, 0.717) is 25.8 Å². The van der Waals surface area contributed by atoms with Gasteiger partial charge in [0.25, 0.3) is 0 Å². The Kier molecular flexibility index (Phi) is 6.12. The average molecular weight is 365 g/mol. The Balaban J connectivity index is 1.52. The minimum Gasteiger partial charge on any atom is -0.368 e. The third-order valence-electron chi connectivity index (χ3n) is 5.31. The standard InChI is InChI=1S/C21H27N5O/c1-17-20(18(2)26(23-17)12-6-11-22)9-10-21(27)25-15-13-24(14-16-25)19-7-4-3-5-8-19/h3-5,7-8H,6,9-10,12-16H2,1-2H3. The number of amides is 1. The van der Waals surface area contributed by atoms with Gasteiger partial charge in [-0.3, -0.25) is 9.48 Å². The molecule has 0 N–H and O–H groups in total. The Morgan fingerprint density at radius 3 is 2.52 bits per heavy atom. The molecule has 0 unspecified atom stereocenters. The fourth-order valence-corrected chi connectivity index (χ4v) is 3.71. The van der Waals surface area contributed by atoms with Crippen LogP contribution in [0.2, 0.25) is 0 Å². The van der Waals surface area contributed by atoms with Gasteiger partial charge in [0.2, 0.25) is 5.91 Å². The van der Waals surface area contributed by atoms with E-state index in [1.807, 2.05) is 41.6 Å². The third kappa shape index (κ3) is 4.48. The lowest BCUT2D eigenvalue weighted by Crippen LogP contribution is -2.48. The quantitative estimate of drug-likeness (QED) is 0.789. The highest BCUT2D eigenvalue weighted by Crippen LogP contribution is 2.18. The number of piperazine rings is 1. The maximum Gasteiger partial charge on any atom is 0.223 e. The smallest absolute Gasteiger partial charge is 0.223 e. The SMILES string of the molecule is Cc1nn(CCC#N)c(C)c1CCC(=O)N1CCN(c2ccccc2)CC1. The van der Waals surface area contributed by atoms with Crippen molar-refractivity contribution in [2.75, 3.05) is 31.1 Å². The maximum atomic E-state index is 12.7. The fraction of sp³-hybridized carbons (Fsp3) is 0.476. The molecule has 1 aliphatic heterocycles. The number of para-hydroxylation sites is 1. The second-order valence-corrected chi connectivity index (χ2v) is 6.98. The van der Waals surface area contributed by atoms with E-state index in [-0.39, 0.29) is 5.91 Å². The molecule has 3 rings (SSSR count). The summed E-state index contributed by atoms with van der Waals surface area (Å²) in [4.78, 5) is 17.0. The van der Waals surface area contributed by atoms with Crippen molar-refractivity contribution in [3.05, 3.63) is 47.3 Å². The van der Waals surface area contributed by atoms with Gasteiger partial charge in [-0.25, -0.2) is 0 Å². The highest BCUT2D eigenvalue weighted by molar-refractivity contribution is 5.77. The largest absolute Gasteiger partial charge is 0.368 e. The molecular formula is C21H27N5O. The Hall–Kier alpha value is -2.81. The fourth-order valence-electron chi connectivity index (χ4n) is 3.71. The lowest BCUT2D eigenvalue weighted by atomic mass is 10.1. The summed E-state index contributed by atoms with van der Waals surface area (Å²) in [6, 6.07) is 12.5. The van der Waals surface area contributed by atoms with Gasteiger partial charge in [-0.1, -0.05) is 18.2 Å². The van der Waals surface area contributed by atoms with Crippen molar-refractivity contribution < 1.29 is 4.79 Å². The number of hydrogen-bond donors (Lipinski definition) is 0. The molecule has 1 saturated heterocycles. The van der Waals surface area contributed by atoms with Gasteiger partial charge in [0.1, 0.15) is 0 Å². The molecule has 6 nitrogen and oxygen atoms in total. The van der Waals surface area contributed by atoms with Gasteiger partial charge < -0.3 is 9.80 Å². The van der Waals surface area contributed by atoms with Crippen LogP contribution in [0, 0.1) is 25.2 Å². The topological polar surface area (TPSA) is 65.2 Å². The average Bonchev–Trinajstić information content (AvgIpc) is 2.98. The first kappa shape index (κ1) is 19.0. The zero-order chi connectivity index (χ0) is 19.2. The Labute approximate surface area is 161 Å². The summed E-state index contributed by atoms with van der Waals surface area (Å²) in [5.74, 6) is 0.214. The van der Waals surface area contributed by atoms with E-state index in [0.717, 1.165) is 43.1 Å². The molecule has 1 aliphatic rings. The van der Waals surface area contributed by atoms with Gasteiger partial charge in [-0.2, -0.15) is 10.4 Å². The summed E-state index contributed by atoms with van der Waals surface area (Å²) in [7, 11) is 0. The van der Waals surface area contributed by atoms with Gasteiger partial charge in [0, 0.05) is 44.0 Å². The number of benzene rings is 1. The summed E-state index contributed by atoms with van der Waals surface area (Å²) >= 11 is 0. The van der Waals surface area contributed by atoms with E-state index in [1.165, 1.54) is 5.69 Å². The molecule has 0 bridgehead atoms. The predicted molar refractivity (Wildman–Crippen MR) is 105 cm³/mol. The Morgan fingerprint density at radius 1 is 1.15 bits per heavy atom. The minimum atomic E-state index is 0.214. The highest BCUT2D eigenvalue weighted by Gasteiger charge is 2.22. The van der Waals surface area contributed by atoms with E-state index in [1.54, 1.807) is 0 Å². The van der Waals surface area contributed by atoms with Crippen molar-refractivity contribution in [1.82, 2.24) is 14.7 Å². The van der Waals surface area contributed by atoms with Gasteiger partial charge in [0.15, 0.2) is 0 Å². The van der Waals surface area contributed by atoms with Crippen LogP contribution in [0.4, 0.5) is 5.69 Å². The Morgan fingerprint density at radius 2 is 1.85 bits per heavy atom. The minimum absolute atomic E-state index is 0.214. The normalized spacial score (nSPS) is 14.3. The number of carbonyl (C=O) groups excluding carboxylic acids is 1. The van der Waals surface area contributed by atoms with E-state index < -0.39 is 0 Å². The molecule has 1 amide bonds. The number of anilines is 1. The molecule has 0 aliphatic carbocycles. The zero-order valence-electron chi connectivity index (χ0n) is 16.2. The van der Waals surface area contributed by atoms with Crippen LogP contribution in [0.5, 0.6) is 0 Å². The first-order chi connectivity index (χ1) is 13.1. The van der Waals surface area contributed by atoms with Crippen LogP contribution in [-0.2, 0) is 17.8 Å². The van der Waals surface area contributed by atoms with Gasteiger partial charge in [0.05, 0.1) is 24.7 Å². The second kappa shape index (κ2) is 8.72. The molecule has 1 aromatic heterocycles. The third-order valence-corrected chi connectivity index (χ3v) is 5.31. The maximum absolute atomic E-state index is 12.7. The van der Waals surface area contributed by atoms with Crippen LogP contribution in [0.1, 0.15) is 29.8 Å². The number of aromatic nitrogens is 2. The lowest BCUT2D eigenvalue weighted by molar-refractivity contribution is -0.131. The van der Waals surface area contributed by atoms with Gasteiger partial charge >= 0.3 is 0 Å². The molecular weight excluding hydrogens is 338 g/mol. The summed E-state index contributed by atoms with van der Waals surface area (Å²) in [5, 5.41) is 13.3. The van der Waals surface area contributed by atoms with Crippen molar-refractivity contribution in [2.24, 2.45) is 0 Å². The molecule has 0 spiro atoms. The van der Waals surface area contributed by atoms with Gasteiger partial charge in [-0.15, -0.1) is 0 Å². The summed E-state index contributed by atoms with van der Waals surface area (Å²) < 4.78 is 1.89. The van der Waals surface area contributed by atoms with Crippen LogP contribution in [0.3, 0.4) is 0 Å². The molecule has 142 valence electrons. The monoisotopic (exact) mass is 365 g/mol. The molecule has 0 radical (unpaired) electrons. The first-order valence-electron chi connectivity index (χ1n) is 9.57. The summed E-state index contributed by atoms with van der Waals surface area (Å²) in [6.45, 7) is 7.91. The Bertz CT molecular complexity index is 813. The molecule has 2 aromatic rings. The van der Waals surface area contributed by atoms with Crippen molar-refractivity contribution in [3.8, 4) is 6.07 Å². The van der Waals surface area contributed by atoms with Gasteiger partial charge in [-0.05, 0) is 38.0 Å². The zero-order valence-corrected chi connectivity index (χ0v) is 16.2. The van der Waals surface area contributed by atoms with Crippen LogP contribution in [-0.4, -0.2) is 46.8 Å². The van der Waals surface area contributed by atoms with E-state index >= 15 is 0 Å².